The number of rotatable bonds is 7. The first kappa shape index (κ1) is 21.5. The van der Waals surface area contributed by atoms with Gasteiger partial charge in [-0.15, -0.1) is 5.10 Å². The van der Waals surface area contributed by atoms with Gasteiger partial charge in [-0.3, -0.25) is 9.80 Å². The number of hydrogen-bond donors (Lipinski definition) is 0. The summed E-state index contributed by atoms with van der Waals surface area (Å²) in [5.74, 6) is 0.838. The van der Waals surface area contributed by atoms with Crippen molar-refractivity contribution in [3.05, 3.63) is 76.6 Å². The van der Waals surface area contributed by atoms with Crippen LogP contribution in [-0.2, 0) is 17.8 Å². The van der Waals surface area contributed by atoms with Crippen LogP contribution >= 0.6 is 11.6 Å². The zero-order chi connectivity index (χ0) is 21.8. The number of halogens is 1. The maximum absolute atomic E-state index is 6.67. The summed E-state index contributed by atoms with van der Waals surface area (Å²) < 4.78 is 7.76. The van der Waals surface area contributed by atoms with Gasteiger partial charge in [0.05, 0.1) is 18.7 Å². The molecule has 0 aliphatic carbocycles. The fourth-order valence-electron chi connectivity index (χ4n) is 4.74. The van der Waals surface area contributed by atoms with E-state index in [4.69, 9.17) is 16.3 Å². The van der Waals surface area contributed by atoms with Crippen LogP contribution in [0.2, 0.25) is 5.02 Å². The fourth-order valence-corrected chi connectivity index (χ4v) is 4.97. The fraction of sp³-hybridized carbons (Fsp3) is 0.458. The molecule has 0 amide bonds. The highest BCUT2D eigenvalue weighted by molar-refractivity contribution is 6.31. The monoisotopic (exact) mass is 452 g/mol. The molecule has 2 atom stereocenters. The topological polar surface area (TPSA) is 59.3 Å². The summed E-state index contributed by atoms with van der Waals surface area (Å²) >= 11 is 6.67. The van der Waals surface area contributed by atoms with Gasteiger partial charge >= 0.3 is 0 Å². The maximum atomic E-state index is 6.67. The lowest BCUT2D eigenvalue weighted by Gasteiger charge is -2.39. The van der Waals surface area contributed by atoms with Crippen LogP contribution in [0, 0.1) is 0 Å². The predicted octanol–water partition coefficient (Wildman–Crippen LogP) is 3.41. The van der Waals surface area contributed by atoms with Crippen molar-refractivity contribution in [1.82, 2.24) is 30.0 Å². The molecule has 3 heterocycles. The van der Waals surface area contributed by atoms with E-state index in [1.807, 2.05) is 22.9 Å². The van der Waals surface area contributed by atoms with Crippen molar-refractivity contribution < 1.29 is 4.74 Å². The first-order valence-corrected chi connectivity index (χ1v) is 11.8. The highest BCUT2D eigenvalue weighted by Gasteiger charge is 2.32. The van der Waals surface area contributed by atoms with Crippen molar-refractivity contribution in [1.29, 1.82) is 0 Å². The second-order valence-corrected chi connectivity index (χ2v) is 8.98. The van der Waals surface area contributed by atoms with Gasteiger partial charge in [0.1, 0.15) is 0 Å². The summed E-state index contributed by atoms with van der Waals surface area (Å²) in [7, 11) is 0. The highest BCUT2D eigenvalue weighted by Crippen LogP contribution is 2.33. The van der Waals surface area contributed by atoms with E-state index >= 15 is 0 Å². The SMILES string of the molecule is Clc1ccccc1[C@H](c1nnnn1C[C@@H]1CCCO1)N1CCN(Cc2ccccc2)CC1. The molecule has 2 aromatic carbocycles. The van der Waals surface area contributed by atoms with E-state index in [-0.39, 0.29) is 12.1 Å². The molecule has 2 aliphatic rings. The molecule has 2 saturated heterocycles. The molecule has 0 N–H and O–H groups in total. The lowest BCUT2D eigenvalue weighted by atomic mass is 10.0. The maximum Gasteiger partial charge on any atom is 0.173 e. The minimum atomic E-state index is -0.0843. The third-order valence-corrected chi connectivity index (χ3v) is 6.77. The molecule has 5 rings (SSSR count). The normalized spacial score (nSPS) is 21.1. The quantitative estimate of drug-likeness (QED) is 0.547. The molecule has 3 aromatic rings. The molecule has 0 radical (unpaired) electrons. The average Bonchev–Trinajstić information content (AvgIpc) is 3.50. The van der Waals surface area contributed by atoms with Crippen molar-refractivity contribution in [3.8, 4) is 0 Å². The minimum absolute atomic E-state index is 0.0843. The number of nitrogens with zero attached hydrogens (tertiary/aromatic N) is 6. The summed E-state index contributed by atoms with van der Waals surface area (Å²) in [6.45, 7) is 6.30. The van der Waals surface area contributed by atoms with Crippen molar-refractivity contribution in [2.75, 3.05) is 32.8 Å². The zero-order valence-electron chi connectivity index (χ0n) is 18.2. The van der Waals surface area contributed by atoms with Crippen molar-refractivity contribution in [3.63, 3.8) is 0 Å². The van der Waals surface area contributed by atoms with Gasteiger partial charge in [0.15, 0.2) is 5.82 Å². The molecule has 0 bridgehead atoms. The van der Waals surface area contributed by atoms with Crippen LogP contribution in [0.25, 0.3) is 0 Å². The Balaban J connectivity index is 1.36. The zero-order valence-corrected chi connectivity index (χ0v) is 18.9. The van der Waals surface area contributed by atoms with Gasteiger partial charge in [0.25, 0.3) is 0 Å². The molecular weight excluding hydrogens is 424 g/mol. The van der Waals surface area contributed by atoms with Crippen LogP contribution in [0.15, 0.2) is 54.6 Å². The lowest BCUT2D eigenvalue weighted by Crippen LogP contribution is -2.48. The highest BCUT2D eigenvalue weighted by atomic mass is 35.5. The van der Waals surface area contributed by atoms with Crippen LogP contribution < -0.4 is 0 Å². The number of tetrazole rings is 1. The van der Waals surface area contributed by atoms with Crippen LogP contribution in [0.4, 0.5) is 0 Å². The molecule has 32 heavy (non-hydrogen) atoms. The van der Waals surface area contributed by atoms with Gasteiger partial charge < -0.3 is 4.74 Å². The van der Waals surface area contributed by atoms with Gasteiger partial charge in [0, 0.05) is 44.4 Å². The van der Waals surface area contributed by atoms with Crippen LogP contribution in [0.1, 0.15) is 35.8 Å². The summed E-state index contributed by atoms with van der Waals surface area (Å²) in [4.78, 5) is 4.96. The third-order valence-electron chi connectivity index (χ3n) is 6.43. The Bertz CT molecular complexity index is 998. The second kappa shape index (κ2) is 10.1. The molecule has 1 aromatic heterocycles. The second-order valence-electron chi connectivity index (χ2n) is 8.58. The van der Waals surface area contributed by atoms with E-state index in [9.17, 15) is 0 Å². The van der Waals surface area contributed by atoms with Crippen molar-refractivity contribution >= 4 is 11.6 Å². The number of aromatic nitrogens is 4. The largest absolute Gasteiger partial charge is 0.376 e. The van der Waals surface area contributed by atoms with E-state index < -0.39 is 0 Å². The number of piperazine rings is 1. The molecular formula is C24H29ClN6O. The number of ether oxygens (including phenoxy) is 1. The Hall–Kier alpha value is -2.32. The molecule has 8 heteroatoms. The van der Waals surface area contributed by atoms with E-state index in [0.717, 1.165) is 68.6 Å². The van der Waals surface area contributed by atoms with Gasteiger partial charge in [-0.25, -0.2) is 4.68 Å². The summed E-state index contributed by atoms with van der Waals surface area (Å²) in [6.07, 6.45) is 2.32. The van der Waals surface area contributed by atoms with E-state index in [1.165, 1.54) is 5.56 Å². The van der Waals surface area contributed by atoms with Gasteiger partial charge in [0.2, 0.25) is 0 Å². The van der Waals surface area contributed by atoms with Crippen LogP contribution in [-0.4, -0.2) is 68.9 Å². The first-order chi connectivity index (χ1) is 15.8. The van der Waals surface area contributed by atoms with E-state index in [0.29, 0.717) is 6.54 Å². The summed E-state index contributed by atoms with van der Waals surface area (Å²) in [6, 6.07) is 18.6. The summed E-state index contributed by atoms with van der Waals surface area (Å²) in [5, 5.41) is 13.6. The van der Waals surface area contributed by atoms with Crippen LogP contribution in [0.3, 0.4) is 0 Å². The van der Waals surface area contributed by atoms with E-state index in [2.05, 4.69) is 61.7 Å². The first-order valence-electron chi connectivity index (χ1n) is 11.4. The number of benzene rings is 2. The Labute approximate surface area is 193 Å². The molecule has 168 valence electrons. The van der Waals surface area contributed by atoms with Crippen molar-refractivity contribution in [2.45, 2.75) is 38.1 Å². The van der Waals surface area contributed by atoms with E-state index in [1.54, 1.807) is 0 Å². The lowest BCUT2D eigenvalue weighted by molar-refractivity contribution is 0.0842. The molecule has 2 aliphatic heterocycles. The third kappa shape index (κ3) is 4.86. The average molecular weight is 453 g/mol. The Morgan fingerprint density at radius 3 is 2.53 bits per heavy atom. The predicted molar refractivity (Wildman–Crippen MR) is 123 cm³/mol. The van der Waals surface area contributed by atoms with Crippen LogP contribution in [0.5, 0.6) is 0 Å². The minimum Gasteiger partial charge on any atom is -0.376 e. The Morgan fingerprint density at radius 1 is 1.00 bits per heavy atom. The van der Waals surface area contributed by atoms with Gasteiger partial charge in [-0.05, 0) is 40.5 Å². The van der Waals surface area contributed by atoms with Gasteiger partial charge in [-0.2, -0.15) is 0 Å². The molecule has 0 saturated carbocycles. The van der Waals surface area contributed by atoms with Gasteiger partial charge in [-0.1, -0.05) is 60.1 Å². The standard InChI is InChI=1S/C24H29ClN6O/c25-22-11-5-4-10-21(22)23(24-26-27-28-31(24)18-20-9-6-16-32-20)30-14-12-29(13-15-30)17-19-7-2-1-3-8-19/h1-5,7-8,10-11,20,23H,6,9,12-18H2/t20-,23+/m0/s1. The Morgan fingerprint density at radius 2 is 1.78 bits per heavy atom. The Kier molecular flexibility index (Phi) is 6.78. The molecule has 7 nitrogen and oxygen atoms in total. The summed E-state index contributed by atoms with van der Waals surface area (Å²) in [5.41, 5.74) is 2.40. The van der Waals surface area contributed by atoms with Crippen molar-refractivity contribution in [2.24, 2.45) is 0 Å². The number of hydrogen-bond acceptors (Lipinski definition) is 6. The molecule has 0 unspecified atom stereocenters. The molecule has 2 fully saturated rings. The molecule has 0 spiro atoms. The smallest absolute Gasteiger partial charge is 0.173 e.